The van der Waals surface area contributed by atoms with Crippen molar-refractivity contribution < 1.29 is 23.8 Å². The molecule has 0 aromatic heterocycles. The molecule has 1 amide bonds. The SMILES string of the molecule is COc1ccc(C(O)=C2C(=O)C(=O)N(CCN(C)C)[C@H]2c2ccccc2F)cc1. The molecule has 0 spiro atoms. The zero-order valence-electron chi connectivity index (χ0n) is 16.6. The quantitative estimate of drug-likeness (QED) is 0.460. The van der Waals surface area contributed by atoms with Gasteiger partial charge in [-0.25, -0.2) is 4.39 Å². The lowest BCUT2D eigenvalue weighted by atomic mass is 9.95. The molecule has 0 radical (unpaired) electrons. The third-order valence-corrected chi connectivity index (χ3v) is 4.89. The van der Waals surface area contributed by atoms with Crippen LogP contribution in [0.2, 0.25) is 0 Å². The Morgan fingerprint density at radius 3 is 2.38 bits per heavy atom. The van der Waals surface area contributed by atoms with Crippen LogP contribution in [0.15, 0.2) is 54.1 Å². The molecule has 29 heavy (non-hydrogen) atoms. The van der Waals surface area contributed by atoms with Crippen molar-refractivity contribution in [1.82, 2.24) is 9.80 Å². The first-order valence-corrected chi connectivity index (χ1v) is 9.17. The molecule has 1 heterocycles. The highest BCUT2D eigenvalue weighted by molar-refractivity contribution is 6.46. The normalized spacial score (nSPS) is 18.5. The Bertz CT molecular complexity index is 954. The van der Waals surface area contributed by atoms with Crippen LogP contribution in [0.5, 0.6) is 5.75 Å². The monoisotopic (exact) mass is 398 g/mol. The number of methoxy groups -OCH3 is 1. The maximum Gasteiger partial charge on any atom is 0.295 e. The molecule has 2 aromatic carbocycles. The molecule has 7 heteroatoms. The number of rotatable bonds is 6. The molecule has 0 bridgehead atoms. The standard InChI is InChI=1S/C22H23FN2O4/c1-24(2)12-13-25-19(16-6-4-5-7-17(16)23)18(21(27)22(25)28)20(26)14-8-10-15(29-3)11-9-14/h4-11,19,26H,12-13H2,1-3H3/t19-/m0/s1. The van der Waals surface area contributed by atoms with E-state index < -0.39 is 23.5 Å². The number of nitrogens with zero attached hydrogens (tertiary/aromatic N) is 2. The molecule has 2 aromatic rings. The van der Waals surface area contributed by atoms with Gasteiger partial charge >= 0.3 is 0 Å². The molecule has 1 aliphatic heterocycles. The number of likely N-dealkylation sites (tertiary alicyclic amines) is 1. The van der Waals surface area contributed by atoms with Gasteiger partial charge in [-0.1, -0.05) is 18.2 Å². The highest BCUT2D eigenvalue weighted by Gasteiger charge is 2.46. The molecule has 1 fully saturated rings. The molecular weight excluding hydrogens is 375 g/mol. The second-order valence-electron chi connectivity index (χ2n) is 7.05. The number of hydrogen-bond acceptors (Lipinski definition) is 5. The van der Waals surface area contributed by atoms with Gasteiger partial charge in [0.2, 0.25) is 0 Å². The van der Waals surface area contributed by atoms with E-state index in [1.165, 1.54) is 30.2 Å². The van der Waals surface area contributed by atoms with Crippen LogP contribution in [-0.4, -0.2) is 60.9 Å². The molecule has 1 aliphatic rings. The van der Waals surface area contributed by atoms with Gasteiger partial charge in [0.15, 0.2) is 0 Å². The summed E-state index contributed by atoms with van der Waals surface area (Å²) in [7, 11) is 5.20. The van der Waals surface area contributed by atoms with Crippen molar-refractivity contribution in [2.45, 2.75) is 6.04 Å². The van der Waals surface area contributed by atoms with Crippen molar-refractivity contribution in [2.24, 2.45) is 0 Å². The van der Waals surface area contributed by atoms with E-state index in [4.69, 9.17) is 4.74 Å². The number of ketones is 1. The second-order valence-corrected chi connectivity index (χ2v) is 7.05. The van der Waals surface area contributed by atoms with Gasteiger partial charge in [-0.3, -0.25) is 9.59 Å². The summed E-state index contributed by atoms with van der Waals surface area (Å²) in [4.78, 5) is 28.7. The largest absolute Gasteiger partial charge is 0.507 e. The number of carbonyl (C=O) groups excluding carboxylic acids is 2. The molecule has 0 unspecified atom stereocenters. The van der Waals surface area contributed by atoms with Crippen LogP contribution < -0.4 is 4.74 Å². The Balaban J connectivity index is 2.14. The first kappa shape index (κ1) is 20.5. The lowest BCUT2D eigenvalue weighted by molar-refractivity contribution is -0.140. The van der Waals surface area contributed by atoms with E-state index in [0.717, 1.165) is 0 Å². The number of aliphatic hydroxyl groups excluding tert-OH is 1. The summed E-state index contributed by atoms with van der Waals surface area (Å²) in [6, 6.07) is 11.4. The van der Waals surface area contributed by atoms with E-state index in [2.05, 4.69) is 0 Å². The van der Waals surface area contributed by atoms with Crippen LogP contribution in [-0.2, 0) is 9.59 Å². The van der Waals surface area contributed by atoms with Gasteiger partial charge in [-0.15, -0.1) is 0 Å². The molecule has 152 valence electrons. The van der Waals surface area contributed by atoms with E-state index in [0.29, 0.717) is 17.9 Å². The fourth-order valence-electron chi connectivity index (χ4n) is 3.34. The van der Waals surface area contributed by atoms with Crippen LogP contribution >= 0.6 is 0 Å². The molecule has 1 N–H and O–H groups in total. The zero-order valence-corrected chi connectivity index (χ0v) is 16.6. The zero-order chi connectivity index (χ0) is 21.1. The first-order chi connectivity index (χ1) is 13.8. The van der Waals surface area contributed by atoms with E-state index >= 15 is 0 Å². The number of halogens is 1. The summed E-state index contributed by atoms with van der Waals surface area (Å²) in [6.07, 6.45) is 0. The average molecular weight is 398 g/mol. The number of aliphatic hydroxyl groups is 1. The lowest BCUT2D eigenvalue weighted by Gasteiger charge is -2.26. The van der Waals surface area contributed by atoms with Gasteiger partial charge in [-0.2, -0.15) is 0 Å². The first-order valence-electron chi connectivity index (χ1n) is 9.17. The van der Waals surface area contributed by atoms with Gasteiger partial charge in [0.1, 0.15) is 17.3 Å². The fraction of sp³-hybridized carbons (Fsp3) is 0.273. The number of benzene rings is 2. The van der Waals surface area contributed by atoms with Crippen molar-refractivity contribution in [2.75, 3.05) is 34.3 Å². The third-order valence-electron chi connectivity index (χ3n) is 4.89. The van der Waals surface area contributed by atoms with Crippen molar-refractivity contribution in [3.63, 3.8) is 0 Å². The van der Waals surface area contributed by atoms with Crippen LogP contribution in [0, 0.1) is 5.82 Å². The molecule has 6 nitrogen and oxygen atoms in total. The van der Waals surface area contributed by atoms with E-state index in [1.807, 2.05) is 19.0 Å². The summed E-state index contributed by atoms with van der Waals surface area (Å²) < 4.78 is 19.7. The molecule has 1 atom stereocenters. The summed E-state index contributed by atoms with van der Waals surface area (Å²) in [5.41, 5.74) is 0.391. The average Bonchev–Trinajstić information content (AvgIpc) is 2.96. The van der Waals surface area contributed by atoms with Crippen molar-refractivity contribution in [3.05, 3.63) is 71.0 Å². The van der Waals surface area contributed by atoms with E-state index in [1.54, 1.807) is 30.3 Å². The summed E-state index contributed by atoms with van der Waals surface area (Å²) >= 11 is 0. The Kier molecular flexibility index (Phi) is 5.98. The minimum absolute atomic E-state index is 0.121. The number of amides is 1. The van der Waals surface area contributed by atoms with Crippen LogP contribution in [0.1, 0.15) is 17.2 Å². The molecule has 0 aliphatic carbocycles. The maximum absolute atomic E-state index is 14.6. The van der Waals surface area contributed by atoms with Crippen LogP contribution in [0.4, 0.5) is 4.39 Å². The van der Waals surface area contributed by atoms with Crippen LogP contribution in [0.25, 0.3) is 5.76 Å². The van der Waals surface area contributed by atoms with E-state index in [9.17, 15) is 19.1 Å². The number of likely N-dealkylation sites (N-methyl/N-ethyl adjacent to an activating group) is 1. The van der Waals surface area contributed by atoms with Gasteiger partial charge in [0.05, 0.1) is 18.7 Å². The van der Waals surface area contributed by atoms with E-state index in [-0.39, 0.29) is 23.4 Å². The number of hydrogen-bond donors (Lipinski definition) is 1. The predicted molar refractivity (Wildman–Crippen MR) is 107 cm³/mol. The number of Topliss-reactive ketones (excluding diaryl/α,β-unsaturated/α-hetero) is 1. The summed E-state index contributed by atoms with van der Waals surface area (Å²) in [5.74, 6) is -1.89. The minimum atomic E-state index is -1.00. The Morgan fingerprint density at radius 1 is 1.14 bits per heavy atom. The lowest BCUT2D eigenvalue weighted by Crippen LogP contribution is -2.35. The topological polar surface area (TPSA) is 70.1 Å². The van der Waals surface area contributed by atoms with Gasteiger partial charge < -0.3 is 19.6 Å². The van der Waals surface area contributed by atoms with Crippen molar-refractivity contribution in [3.8, 4) is 5.75 Å². The minimum Gasteiger partial charge on any atom is -0.507 e. The third kappa shape index (κ3) is 4.00. The van der Waals surface area contributed by atoms with Gasteiger partial charge in [0.25, 0.3) is 11.7 Å². The van der Waals surface area contributed by atoms with Crippen molar-refractivity contribution in [1.29, 1.82) is 0 Å². The van der Waals surface area contributed by atoms with Gasteiger partial charge in [-0.05, 0) is 44.4 Å². The van der Waals surface area contributed by atoms with Crippen molar-refractivity contribution >= 4 is 17.4 Å². The summed E-state index contributed by atoms with van der Waals surface area (Å²) in [5, 5.41) is 10.9. The molecule has 3 rings (SSSR count). The molecular formula is C22H23FN2O4. The Labute approximate surface area is 168 Å². The second kappa shape index (κ2) is 8.45. The number of ether oxygens (including phenoxy) is 1. The number of carbonyl (C=O) groups is 2. The highest BCUT2D eigenvalue weighted by atomic mass is 19.1. The Hall–Kier alpha value is -3.19. The highest BCUT2D eigenvalue weighted by Crippen LogP contribution is 2.40. The fourth-order valence-corrected chi connectivity index (χ4v) is 3.34. The summed E-state index contributed by atoms with van der Waals surface area (Å²) in [6.45, 7) is 0.705. The smallest absolute Gasteiger partial charge is 0.295 e. The predicted octanol–water partition coefficient (Wildman–Crippen LogP) is 2.82. The van der Waals surface area contributed by atoms with Gasteiger partial charge in [0, 0.05) is 24.2 Å². The molecule has 0 saturated carbocycles. The van der Waals surface area contributed by atoms with Crippen LogP contribution in [0.3, 0.4) is 0 Å². The molecule has 1 saturated heterocycles. The maximum atomic E-state index is 14.6. The Morgan fingerprint density at radius 2 is 1.79 bits per heavy atom.